The van der Waals surface area contributed by atoms with Crippen LogP contribution in [0.3, 0.4) is 0 Å². The molecule has 0 saturated carbocycles. The summed E-state index contributed by atoms with van der Waals surface area (Å²) in [5.74, 6) is -2.45. The number of ether oxygens (including phenoxy) is 1. The zero-order chi connectivity index (χ0) is 16.6. The van der Waals surface area contributed by atoms with Crippen LogP contribution in [0, 0.1) is 0 Å². The van der Waals surface area contributed by atoms with Crippen LogP contribution in [-0.4, -0.2) is 24.4 Å². The number of carbonyl (C=O) groups is 3. The molecule has 6 nitrogen and oxygen atoms in total. The van der Waals surface area contributed by atoms with Crippen molar-refractivity contribution in [1.82, 2.24) is 0 Å². The van der Waals surface area contributed by atoms with Crippen LogP contribution in [0.4, 0.5) is 5.69 Å². The number of carboxylic acids is 1. The first kappa shape index (κ1) is 16.0. The summed E-state index contributed by atoms with van der Waals surface area (Å²) in [4.78, 5) is 36.4. The molecular weight excluding hydrogens is 310 g/mol. The van der Waals surface area contributed by atoms with Gasteiger partial charge in [0.15, 0.2) is 0 Å². The lowest BCUT2D eigenvalue weighted by Gasteiger charge is -2.20. The highest BCUT2D eigenvalue weighted by Crippen LogP contribution is 2.37. The molecule has 0 saturated heterocycles. The summed E-state index contributed by atoms with van der Waals surface area (Å²) >= 11 is 6.04. The fraction of sp³-hybridized carbons (Fsp3) is 0.267. The van der Waals surface area contributed by atoms with Gasteiger partial charge in [0.25, 0.3) is 11.8 Å². The molecule has 0 aliphatic carbocycles. The lowest BCUT2D eigenvalue weighted by atomic mass is 10.1. The van der Waals surface area contributed by atoms with E-state index >= 15 is 0 Å². The third-order valence-electron chi connectivity index (χ3n) is 3.42. The second-order valence-corrected chi connectivity index (χ2v) is 5.12. The molecule has 0 atom stereocenters. The third-order valence-corrected chi connectivity index (χ3v) is 3.72. The Morgan fingerprint density at radius 1 is 1.23 bits per heavy atom. The van der Waals surface area contributed by atoms with E-state index in [1.165, 1.54) is 6.07 Å². The number of imide groups is 1. The first-order valence-electron chi connectivity index (χ1n) is 6.53. The van der Waals surface area contributed by atoms with E-state index in [1.807, 2.05) is 0 Å². The highest BCUT2D eigenvalue weighted by molar-refractivity contribution is 6.39. The van der Waals surface area contributed by atoms with Crippen molar-refractivity contribution in [3.63, 3.8) is 0 Å². The van der Waals surface area contributed by atoms with Crippen molar-refractivity contribution in [3.05, 3.63) is 33.9 Å². The first-order chi connectivity index (χ1) is 10.3. The van der Waals surface area contributed by atoms with Crippen molar-refractivity contribution >= 4 is 35.1 Å². The van der Waals surface area contributed by atoms with Gasteiger partial charge in [0.2, 0.25) is 0 Å². The molecule has 2 amide bonds. The fourth-order valence-electron chi connectivity index (χ4n) is 2.12. The number of amides is 2. The van der Waals surface area contributed by atoms with E-state index in [9.17, 15) is 19.5 Å². The summed E-state index contributed by atoms with van der Waals surface area (Å²) in [6, 6.07) is 2.37. The standard InChI is InChI=1S/C15H14ClNO5/c1-4-22-12-6-11(10(16)5-9(12)15(20)21)17-13(18)7(2)8(3)14(17)19/h5-6H,4H2,1-3H3,(H,20,21)/p-1. The zero-order valence-electron chi connectivity index (χ0n) is 12.2. The maximum atomic E-state index is 12.2. The summed E-state index contributed by atoms with van der Waals surface area (Å²) in [7, 11) is 0. The van der Waals surface area contributed by atoms with Crippen LogP contribution in [0.5, 0.6) is 5.75 Å². The molecule has 22 heavy (non-hydrogen) atoms. The Kier molecular flexibility index (Phi) is 4.23. The summed E-state index contributed by atoms with van der Waals surface area (Å²) in [6.07, 6.45) is 0. The average molecular weight is 323 g/mol. The van der Waals surface area contributed by atoms with Gasteiger partial charge in [0.1, 0.15) is 5.75 Å². The Morgan fingerprint density at radius 3 is 2.23 bits per heavy atom. The molecule has 0 bridgehead atoms. The fourth-order valence-corrected chi connectivity index (χ4v) is 2.36. The largest absolute Gasteiger partial charge is 0.545 e. The number of benzene rings is 1. The molecular formula is C15H13ClNO5-. The van der Waals surface area contributed by atoms with Gasteiger partial charge in [-0.05, 0) is 26.8 Å². The second kappa shape index (κ2) is 5.81. The van der Waals surface area contributed by atoms with Crippen LogP contribution in [0.2, 0.25) is 5.02 Å². The molecule has 1 heterocycles. The average Bonchev–Trinajstić information content (AvgIpc) is 2.65. The molecule has 0 aromatic heterocycles. The van der Waals surface area contributed by atoms with Gasteiger partial charge in [0.05, 0.1) is 23.3 Å². The minimum Gasteiger partial charge on any atom is -0.545 e. The minimum absolute atomic E-state index is 0.00953. The Bertz CT molecular complexity index is 699. The van der Waals surface area contributed by atoms with Crippen molar-refractivity contribution in [1.29, 1.82) is 0 Å². The molecule has 1 aromatic rings. The van der Waals surface area contributed by atoms with E-state index in [-0.39, 0.29) is 28.6 Å². The third kappa shape index (κ3) is 2.46. The SMILES string of the molecule is CCOc1cc(N2C(=O)C(C)=C(C)C2=O)c(Cl)cc1C(=O)[O-]. The van der Waals surface area contributed by atoms with Gasteiger partial charge in [-0.3, -0.25) is 9.59 Å². The van der Waals surface area contributed by atoms with Crippen LogP contribution >= 0.6 is 11.6 Å². The smallest absolute Gasteiger partial charge is 0.261 e. The lowest BCUT2D eigenvalue weighted by molar-refractivity contribution is -0.255. The molecule has 1 aliphatic rings. The minimum atomic E-state index is -1.46. The quantitative estimate of drug-likeness (QED) is 0.780. The van der Waals surface area contributed by atoms with Crippen molar-refractivity contribution in [2.75, 3.05) is 11.5 Å². The number of anilines is 1. The van der Waals surface area contributed by atoms with Crippen LogP contribution in [-0.2, 0) is 9.59 Å². The van der Waals surface area contributed by atoms with Crippen LogP contribution in [0.25, 0.3) is 0 Å². The normalized spacial score (nSPS) is 14.8. The van der Waals surface area contributed by atoms with E-state index in [1.54, 1.807) is 20.8 Å². The van der Waals surface area contributed by atoms with Crippen molar-refractivity contribution < 1.29 is 24.2 Å². The summed E-state index contributed by atoms with van der Waals surface area (Å²) in [5.41, 5.74) is 0.489. The number of rotatable bonds is 4. The van der Waals surface area contributed by atoms with E-state index in [0.29, 0.717) is 11.1 Å². The van der Waals surface area contributed by atoms with Gasteiger partial charge in [0, 0.05) is 22.8 Å². The predicted molar refractivity (Wildman–Crippen MR) is 77.8 cm³/mol. The molecule has 1 aliphatic heterocycles. The number of hydrogen-bond acceptors (Lipinski definition) is 5. The molecule has 0 N–H and O–H groups in total. The molecule has 0 unspecified atom stereocenters. The lowest BCUT2D eigenvalue weighted by Crippen LogP contribution is -2.32. The number of nitrogens with zero attached hydrogens (tertiary/aromatic N) is 1. The molecule has 0 fully saturated rings. The summed E-state index contributed by atoms with van der Waals surface area (Å²) in [6.45, 7) is 4.97. The van der Waals surface area contributed by atoms with Crippen LogP contribution in [0.15, 0.2) is 23.3 Å². The molecule has 0 spiro atoms. The summed E-state index contributed by atoms with van der Waals surface area (Å²) in [5, 5.41) is 11.1. The highest BCUT2D eigenvalue weighted by atomic mass is 35.5. The zero-order valence-corrected chi connectivity index (χ0v) is 13.0. The van der Waals surface area contributed by atoms with Crippen molar-refractivity contribution in [2.24, 2.45) is 0 Å². The van der Waals surface area contributed by atoms with Gasteiger partial charge in [-0.25, -0.2) is 4.90 Å². The number of halogens is 1. The molecule has 116 valence electrons. The second-order valence-electron chi connectivity index (χ2n) is 4.72. The van der Waals surface area contributed by atoms with E-state index in [0.717, 1.165) is 11.0 Å². The van der Waals surface area contributed by atoms with E-state index in [2.05, 4.69) is 0 Å². The van der Waals surface area contributed by atoms with E-state index < -0.39 is 17.8 Å². The Hall–Kier alpha value is -2.34. The van der Waals surface area contributed by atoms with Gasteiger partial charge in [-0.2, -0.15) is 0 Å². The number of aromatic carboxylic acids is 1. The van der Waals surface area contributed by atoms with Crippen LogP contribution < -0.4 is 14.7 Å². The van der Waals surface area contributed by atoms with Gasteiger partial charge in [-0.15, -0.1) is 0 Å². The molecule has 7 heteroatoms. The van der Waals surface area contributed by atoms with Gasteiger partial charge >= 0.3 is 0 Å². The van der Waals surface area contributed by atoms with E-state index in [4.69, 9.17) is 16.3 Å². The topological polar surface area (TPSA) is 86.7 Å². The molecule has 1 aromatic carbocycles. The van der Waals surface area contributed by atoms with Crippen LogP contribution in [0.1, 0.15) is 31.1 Å². The maximum Gasteiger partial charge on any atom is 0.261 e. The first-order valence-corrected chi connectivity index (χ1v) is 6.91. The predicted octanol–water partition coefficient (Wildman–Crippen LogP) is 1.31. The number of hydrogen-bond donors (Lipinski definition) is 0. The summed E-state index contributed by atoms with van der Waals surface area (Å²) < 4.78 is 5.24. The van der Waals surface area contributed by atoms with Gasteiger partial charge < -0.3 is 14.6 Å². The highest BCUT2D eigenvalue weighted by Gasteiger charge is 2.36. The Balaban J connectivity index is 2.58. The Labute approximate surface area is 131 Å². The van der Waals surface area contributed by atoms with Gasteiger partial charge in [-0.1, -0.05) is 11.6 Å². The molecule has 2 rings (SSSR count). The number of carboxylic acid groups (broad SMARTS) is 1. The number of carbonyl (C=O) groups excluding carboxylic acids is 3. The maximum absolute atomic E-state index is 12.2. The van der Waals surface area contributed by atoms with Crippen molar-refractivity contribution in [3.8, 4) is 5.75 Å². The molecule has 0 radical (unpaired) electrons. The van der Waals surface area contributed by atoms with Crippen molar-refractivity contribution in [2.45, 2.75) is 20.8 Å². The monoisotopic (exact) mass is 322 g/mol. The Morgan fingerprint density at radius 2 is 1.77 bits per heavy atom.